The molecule has 26 heavy (non-hydrogen) atoms. The molecule has 0 aliphatic carbocycles. The zero-order valence-corrected chi connectivity index (χ0v) is 17.5. The van der Waals surface area contributed by atoms with Crippen LogP contribution in [0.1, 0.15) is 31.2 Å². The standard InChI is InChI=1S/C18H25F2N5.HI/c1-3-21-18(24-13-15-12-16(19)6-7-17(15)20)23-8-4-5-10-25-11-9-22-14(25)2;/h6-7,9,11-12H,3-5,8,10,13H2,1-2H3,(H2,21,23,24);1H. The molecule has 0 aliphatic rings. The Morgan fingerprint density at radius 1 is 1.23 bits per heavy atom. The minimum absolute atomic E-state index is 0. The summed E-state index contributed by atoms with van der Waals surface area (Å²) >= 11 is 0. The van der Waals surface area contributed by atoms with Crippen LogP contribution in [-0.2, 0) is 13.1 Å². The molecular weight excluding hydrogens is 451 g/mol. The van der Waals surface area contributed by atoms with Gasteiger partial charge in [0.25, 0.3) is 0 Å². The van der Waals surface area contributed by atoms with Crippen LogP contribution in [0.5, 0.6) is 0 Å². The molecule has 144 valence electrons. The van der Waals surface area contributed by atoms with Crippen molar-refractivity contribution >= 4 is 29.9 Å². The second kappa shape index (κ2) is 11.8. The summed E-state index contributed by atoms with van der Waals surface area (Å²) in [5, 5.41) is 6.33. The number of halogens is 3. The fourth-order valence-corrected chi connectivity index (χ4v) is 2.42. The number of aryl methyl sites for hydroxylation is 2. The summed E-state index contributed by atoms with van der Waals surface area (Å²) in [5.41, 5.74) is 0.243. The number of aliphatic imine (C=N–C) groups is 1. The first-order chi connectivity index (χ1) is 12.1. The molecule has 0 saturated carbocycles. The first kappa shape index (κ1) is 22.3. The molecule has 0 fully saturated rings. The third kappa shape index (κ3) is 7.27. The number of rotatable bonds is 8. The van der Waals surface area contributed by atoms with Gasteiger partial charge in [0.05, 0.1) is 6.54 Å². The molecule has 0 bridgehead atoms. The van der Waals surface area contributed by atoms with Crippen molar-refractivity contribution < 1.29 is 8.78 Å². The number of hydrogen-bond acceptors (Lipinski definition) is 2. The van der Waals surface area contributed by atoms with E-state index in [0.717, 1.165) is 43.9 Å². The van der Waals surface area contributed by atoms with Crippen LogP contribution in [0.25, 0.3) is 0 Å². The van der Waals surface area contributed by atoms with E-state index in [1.165, 1.54) is 6.07 Å². The second-order valence-corrected chi connectivity index (χ2v) is 5.73. The van der Waals surface area contributed by atoms with E-state index in [1.54, 1.807) is 6.20 Å². The molecule has 2 aromatic rings. The third-order valence-corrected chi connectivity index (χ3v) is 3.80. The van der Waals surface area contributed by atoms with Crippen LogP contribution in [0.4, 0.5) is 8.78 Å². The van der Waals surface area contributed by atoms with E-state index in [4.69, 9.17) is 0 Å². The molecule has 0 unspecified atom stereocenters. The maximum atomic E-state index is 13.6. The third-order valence-electron chi connectivity index (χ3n) is 3.80. The van der Waals surface area contributed by atoms with E-state index in [1.807, 2.05) is 20.0 Å². The van der Waals surface area contributed by atoms with Crippen LogP contribution in [-0.4, -0.2) is 28.6 Å². The predicted molar refractivity (Wildman–Crippen MR) is 111 cm³/mol. The first-order valence-corrected chi connectivity index (χ1v) is 8.54. The van der Waals surface area contributed by atoms with E-state index in [0.29, 0.717) is 12.5 Å². The van der Waals surface area contributed by atoms with Crippen molar-refractivity contribution in [1.82, 2.24) is 20.2 Å². The van der Waals surface area contributed by atoms with Crippen LogP contribution < -0.4 is 10.6 Å². The summed E-state index contributed by atoms with van der Waals surface area (Å²) in [6, 6.07) is 3.41. The monoisotopic (exact) mass is 477 g/mol. The molecule has 1 aromatic carbocycles. The Bertz CT molecular complexity index is 703. The molecule has 0 aliphatic heterocycles. The lowest BCUT2D eigenvalue weighted by molar-refractivity contribution is 0.583. The fraction of sp³-hybridized carbons (Fsp3) is 0.444. The van der Waals surface area contributed by atoms with E-state index < -0.39 is 11.6 Å². The average molecular weight is 477 g/mol. The van der Waals surface area contributed by atoms with Crippen LogP contribution in [0.15, 0.2) is 35.6 Å². The van der Waals surface area contributed by atoms with Crippen LogP contribution >= 0.6 is 24.0 Å². The van der Waals surface area contributed by atoms with Gasteiger partial charge in [0, 0.05) is 37.6 Å². The zero-order chi connectivity index (χ0) is 18.1. The largest absolute Gasteiger partial charge is 0.357 e. The molecule has 1 heterocycles. The van der Waals surface area contributed by atoms with Crippen molar-refractivity contribution in [2.75, 3.05) is 13.1 Å². The summed E-state index contributed by atoms with van der Waals surface area (Å²) in [6.45, 7) is 6.42. The molecule has 5 nitrogen and oxygen atoms in total. The molecule has 1 aromatic heterocycles. The maximum absolute atomic E-state index is 13.6. The molecule has 2 rings (SSSR count). The molecule has 8 heteroatoms. The second-order valence-electron chi connectivity index (χ2n) is 5.73. The highest BCUT2D eigenvalue weighted by Crippen LogP contribution is 2.10. The summed E-state index contributed by atoms with van der Waals surface area (Å²) in [6.07, 6.45) is 5.76. The molecule has 0 spiro atoms. The van der Waals surface area contributed by atoms with Crippen LogP contribution in [0, 0.1) is 18.6 Å². The number of benzene rings is 1. The number of nitrogens with one attached hydrogen (secondary N) is 2. The van der Waals surface area contributed by atoms with Gasteiger partial charge < -0.3 is 15.2 Å². The van der Waals surface area contributed by atoms with E-state index >= 15 is 0 Å². The molecular formula is C18H26F2IN5. The summed E-state index contributed by atoms with van der Waals surface area (Å²) < 4.78 is 29.0. The molecule has 0 saturated heterocycles. The van der Waals surface area contributed by atoms with Crippen molar-refractivity contribution in [2.24, 2.45) is 4.99 Å². The molecule has 0 amide bonds. The van der Waals surface area contributed by atoms with Gasteiger partial charge in [-0.3, -0.25) is 0 Å². The Hall–Kier alpha value is -1.71. The minimum atomic E-state index is -0.459. The van der Waals surface area contributed by atoms with Gasteiger partial charge in [-0.1, -0.05) is 0 Å². The minimum Gasteiger partial charge on any atom is -0.357 e. The van der Waals surface area contributed by atoms with Gasteiger partial charge in [0.1, 0.15) is 17.5 Å². The van der Waals surface area contributed by atoms with Gasteiger partial charge in [0.2, 0.25) is 0 Å². The Kier molecular flexibility index (Phi) is 10.2. The van der Waals surface area contributed by atoms with Crippen molar-refractivity contribution in [3.8, 4) is 0 Å². The van der Waals surface area contributed by atoms with Gasteiger partial charge in [-0.05, 0) is 44.9 Å². The Balaban J connectivity index is 0.00000338. The van der Waals surface area contributed by atoms with E-state index in [2.05, 4.69) is 25.2 Å². The highest BCUT2D eigenvalue weighted by molar-refractivity contribution is 14.0. The maximum Gasteiger partial charge on any atom is 0.191 e. The van der Waals surface area contributed by atoms with E-state index in [-0.39, 0.29) is 36.1 Å². The number of unbranched alkanes of at least 4 members (excludes halogenated alkanes) is 1. The smallest absolute Gasteiger partial charge is 0.191 e. The van der Waals surface area contributed by atoms with Crippen LogP contribution in [0.2, 0.25) is 0 Å². The number of imidazole rings is 1. The normalized spacial score (nSPS) is 11.2. The van der Waals surface area contributed by atoms with Gasteiger partial charge >= 0.3 is 0 Å². The molecule has 2 N–H and O–H groups in total. The summed E-state index contributed by atoms with van der Waals surface area (Å²) in [5.74, 6) is 0.709. The lowest BCUT2D eigenvalue weighted by atomic mass is 10.2. The van der Waals surface area contributed by atoms with Crippen molar-refractivity contribution in [3.63, 3.8) is 0 Å². The van der Waals surface area contributed by atoms with Crippen molar-refractivity contribution in [3.05, 3.63) is 53.6 Å². The van der Waals surface area contributed by atoms with Crippen molar-refractivity contribution in [2.45, 2.75) is 39.8 Å². The number of aromatic nitrogens is 2. The highest BCUT2D eigenvalue weighted by Gasteiger charge is 2.04. The van der Waals surface area contributed by atoms with Gasteiger partial charge in [0.15, 0.2) is 5.96 Å². The lowest BCUT2D eigenvalue weighted by Crippen LogP contribution is -2.37. The van der Waals surface area contributed by atoms with Crippen LogP contribution in [0.3, 0.4) is 0 Å². The lowest BCUT2D eigenvalue weighted by Gasteiger charge is -2.12. The quantitative estimate of drug-likeness (QED) is 0.264. The number of hydrogen-bond donors (Lipinski definition) is 2. The Morgan fingerprint density at radius 3 is 2.73 bits per heavy atom. The number of nitrogens with zero attached hydrogens (tertiary/aromatic N) is 3. The molecule has 0 radical (unpaired) electrons. The Labute approximate surface area is 170 Å². The van der Waals surface area contributed by atoms with Crippen molar-refractivity contribution in [1.29, 1.82) is 0 Å². The summed E-state index contributed by atoms with van der Waals surface area (Å²) in [4.78, 5) is 8.52. The topological polar surface area (TPSA) is 54.2 Å². The molecule has 0 atom stereocenters. The van der Waals surface area contributed by atoms with Gasteiger partial charge in [-0.15, -0.1) is 24.0 Å². The first-order valence-electron chi connectivity index (χ1n) is 8.54. The average Bonchev–Trinajstić information content (AvgIpc) is 3.00. The van der Waals surface area contributed by atoms with Gasteiger partial charge in [-0.25, -0.2) is 18.8 Å². The Morgan fingerprint density at radius 2 is 2.04 bits per heavy atom. The predicted octanol–water partition coefficient (Wildman–Crippen LogP) is 3.62. The van der Waals surface area contributed by atoms with E-state index in [9.17, 15) is 8.78 Å². The van der Waals surface area contributed by atoms with Gasteiger partial charge in [-0.2, -0.15) is 0 Å². The number of guanidine groups is 1. The highest BCUT2D eigenvalue weighted by atomic mass is 127. The zero-order valence-electron chi connectivity index (χ0n) is 15.1. The SMILES string of the molecule is CCNC(=NCc1cc(F)ccc1F)NCCCCn1ccnc1C.I. The summed E-state index contributed by atoms with van der Waals surface area (Å²) in [7, 11) is 0. The fourth-order valence-electron chi connectivity index (χ4n) is 2.42.